The Balaban J connectivity index is 1.82. The van der Waals surface area contributed by atoms with Crippen LogP contribution in [0.5, 0.6) is 0 Å². The molecule has 0 aromatic carbocycles. The molecular weight excluding hydrogens is 160 g/mol. The van der Waals surface area contributed by atoms with Crippen molar-refractivity contribution in [2.24, 2.45) is 5.92 Å². The highest BCUT2D eigenvalue weighted by Gasteiger charge is 2.39. The second-order valence-corrected chi connectivity index (χ2v) is 5.39. The first kappa shape index (κ1) is 9.47. The van der Waals surface area contributed by atoms with Crippen LogP contribution < -0.4 is 5.32 Å². The molecule has 2 rings (SSSR count). The molecule has 1 heterocycles. The maximum Gasteiger partial charge on any atom is 0.0212 e. The average Bonchev–Trinajstić information content (AvgIpc) is 2.78. The fourth-order valence-corrected chi connectivity index (χ4v) is 2.50. The topological polar surface area (TPSA) is 15.3 Å². The SMILES string of the molecule is CN1CC[C@@H](NC(C)(C)C2CC2)C1. The van der Waals surface area contributed by atoms with Crippen molar-refractivity contribution in [3.05, 3.63) is 0 Å². The van der Waals surface area contributed by atoms with Crippen LogP contribution in [0.3, 0.4) is 0 Å². The van der Waals surface area contributed by atoms with Crippen molar-refractivity contribution >= 4 is 0 Å². The zero-order valence-corrected chi connectivity index (χ0v) is 9.14. The minimum atomic E-state index is 0.385. The van der Waals surface area contributed by atoms with E-state index in [-0.39, 0.29) is 0 Å². The first-order valence-electron chi connectivity index (χ1n) is 5.54. The summed E-state index contributed by atoms with van der Waals surface area (Å²) < 4.78 is 0. The van der Waals surface area contributed by atoms with E-state index in [4.69, 9.17) is 0 Å². The van der Waals surface area contributed by atoms with Crippen LogP contribution in [0.25, 0.3) is 0 Å². The molecule has 1 atom stereocenters. The smallest absolute Gasteiger partial charge is 0.0212 e. The van der Waals surface area contributed by atoms with Crippen molar-refractivity contribution in [2.75, 3.05) is 20.1 Å². The Labute approximate surface area is 81.7 Å². The van der Waals surface area contributed by atoms with Gasteiger partial charge in [-0.25, -0.2) is 0 Å². The van der Waals surface area contributed by atoms with Gasteiger partial charge in [0.25, 0.3) is 0 Å². The molecule has 1 saturated carbocycles. The third kappa shape index (κ3) is 2.23. The Kier molecular flexibility index (Phi) is 2.37. The molecule has 13 heavy (non-hydrogen) atoms. The van der Waals surface area contributed by atoms with Crippen LogP contribution in [0.1, 0.15) is 33.1 Å². The number of hydrogen-bond acceptors (Lipinski definition) is 2. The number of likely N-dealkylation sites (N-methyl/N-ethyl adjacent to an activating group) is 1. The zero-order chi connectivity index (χ0) is 9.47. The van der Waals surface area contributed by atoms with E-state index in [0.29, 0.717) is 5.54 Å². The normalized spacial score (nSPS) is 31.2. The van der Waals surface area contributed by atoms with Gasteiger partial charge in [0.2, 0.25) is 0 Å². The Hall–Kier alpha value is -0.0800. The molecule has 0 spiro atoms. The molecular formula is C11H22N2. The number of nitrogens with zero attached hydrogens (tertiary/aromatic N) is 1. The lowest BCUT2D eigenvalue weighted by Crippen LogP contribution is -2.48. The number of nitrogens with one attached hydrogen (secondary N) is 1. The molecule has 0 bridgehead atoms. The van der Waals surface area contributed by atoms with E-state index < -0.39 is 0 Å². The maximum absolute atomic E-state index is 3.81. The first-order valence-corrected chi connectivity index (χ1v) is 5.54. The van der Waals surface area contributed by atoms with Crippen LogP contribution in [0.15, 0.2) is 0 Å². The highest BCUT2D eigenvalue weighted by molar-refractivity contribution is 4.97. The Morgan fingerprint density at radius 2 is 1.92 bits per heavy atom. The van der Waals surface area contributed by atoms with Gasteiger partial charge in [-0.1, -0.05) is 0 Å². The van der Waals surface area contributed by atoms with Gasteiger partial charge in [-0.3, -0.25) is 0 Å². The fourth-order valence-electron chi connectivity index (χ4n) is 2.50. The van der Waals surface area contributed by atoms with Gasteiger partial charge in [0.05, 0.1) is 0 Å². The van der Waals surface area contributed by atoms with Gasteiger partial charge in [-0.15, -0.1) is 0 Å². The van der Waals surface area contributed by atoms with Crippen molar-refractivity contribution in [1.29, 1.82) is 0 Å². The summed E-state index contributed by atoms with van der Waals surface area (Å²) in [5, 5.41) is 3.81. The van der Waals surface area contributed by atoms with Crippen molar-refractivity contribution in [1.82, 2.24) is 10.2 Å². The van der Waals surface area contributed by atoms with E-state index in [1.165, 1.54) is 32.4 Å². The van der Waals surface area contributed by atoms with E-state index in [2.05, 4.69) is 31.1 Å². The second-order valence-electron chi connectivity index (χ2n) is 5.39. The number of hydrogen-bond donors (Lipinski definition) is 1. The van der Waals surface area contributed by atoms with Gasteiger partial charge in [0, 0.05) is 18.1 Å². The average molecular weight is 182 g/mol. The molecule has 1 N–H and O–H groups in total. The summed E-state index contributed by atoms with van der Waals surface area (Å²) in [5.41, 5.74) is 0.385. The van der Waals surface area contributed by atoms with Crippen LogP contribution in [0.4, 0.5) is 0 Å². The van der Waals surface area contributed by atoms with Crippen LogP contribution >= 0.6 is 0 Å². The van der Waals surface area contributed by atoms with Crippen molar-refractivity contribution in [3.8, 4) is 0 Å². The van der Waals surface area contributed by atoms with Crippen LogP contribution in [0.2, 0.25) is 0 Å². The molecule has 1 saturated heterocycles. The Bertz CT molecular complexity index is 185. The predicted molar refractivity (Wildman–Crippen MR) is 55.8 cm³/mol. The first-order chi connectivity index (χ1) is 6.08. The minimum Gasteiger partial charge on any atom is -0.307 e. The molecule has 1 aliphatic carbocycles. The summed E-state index contributed by atoms with van der Waals surface area (Å²) in [6, 6.07) is 0.737. The summed E-state index contributed by atoms with van der Waals surface area (Å²) in [6.45, 7) is 7.22. The van der Waals surface area contributed by atoms with Gasteiger partial charge in [-0.05, 0) is 52.6 Å². The zero-order valence-electron chi connectivity index (χ0n) is 9.14. The van der Waals surface area contributed by atoms with E-state index in [1.807, 2.05) is 0 Å². The molecule has 2 heteroatoms. The lowest BCUT2D eigenvalue weighted by molar-refractivity contribution is 0.292. The van der Waals surface area contributed by atoms with Gasteiger partial charge in [-0.2, -0.15) is 0 Å². The quantitative estimate of drug-likeness (QED) is 0.711. The summed E-state index contributed by atoms with van der Waals surface area (Å²) in [6.07, 6.45) is 4.19. The van der Waals surface area contributed by atoms with Crippen LogP contribution in [-0.2, 0) is 0 Å². The van der Waals surface area contributed by atoms with Gasteiger partial charge < -0.3 is 10.2 Å². The highest BCUT2D eigenvalue weighted by Crippen LogP contribution is 2.39. The van der Waals surface area contributed by atoms with Crippen molar-refractivity contribution in [2.45, 2.75) is 44.7 Å². The van der Waals surface area contributed by atoms with E-state index in [0.717, 1.165) is 12.0 Å². The van der Waals surface area contributed by atoms with Gasteiger partial charge in [0.15, 0.2) is 0 Å². The number of likely N-dealkylation sites (tertiary alicyclic amines) is 1. The summed E-state index contributed by atoms with van der Waals surface area (Å²) in [4.78, 5) is 2.42. The molecule has 0 aromatic rings. The standard InChI is InChI=1S/C11H22N2/c1-11(2,9-4-5-9)12-10-6-7-13(3)8-10/h9-10,12H,4-8H2,1-3H3/t10-/m1/s1. The lowest BCUT2D eigenvalue weighted by atomic mass is 9.97. The van der Waals surface area contributed by atoms with Crippen molar-refractivity contribution < 1.29 is 0 Å². The molecule has 0 radical (unpaired) electrons. The Morgan fingerprint density at radius 3 is 2.38 bits per heavy atom. The summed E-state index contributed by atoms with van der Waals surface area (Å²) >= 11 is 0. The summed E-state index contributed by atoms with van der Waals surface area (Å²) in [7, 11) is 2.21. The predicted octanol–water partition coefficient (Wildman–Crippen LogP) is 1.47. The Morgan fingerprint density at radius 1 is 1.23 bits per heavy atom. The molecule has 0 aromatic heterocycles. The molecule has 2 nitrogen and oxygen atoms in total. The minimum absolute atomic E-state index is 0.385. The maximum atomic E-state index is 3.81. The molecule has 1 aliphatic heterocycles. The third-order valence-electron chi connectivity index (χ3n) is 3.57. The van der Waals surface area contributed by atoms with E-state index in [9.17, 15) is 0 Å². The molecule has 0 amide bonds. The number of rotatable bonds is 3. The monoisotopic (exact) mass is 182 g/mol. The molecule has 2 fully saturated rings. The molecule has 0 unspecified atom stereocenters. The van der Waals surface area contributed by atoms with Gasteiger partial charge >= 0.3 is 0 Å². The van der Waals surface area contributed by atoms with Gasteiger partial charge in [0.1, 0.15) is 0 Å². The van der Waals surface area contributed by atoms with E-state index >= 15 is 0 Å². The lowest BCUT2D eigenvalue weighted by Gasteiger charge is -2.30. The third-order valence-corrected chi connectivity index (χ3v) is 3.57. The fraction of sp³-hybridized carbons (Fsp3) is 1.00. The van der Waals surface area contributed by atoms with Crippen LogP contribution in [-0.4, -0.2) is 36.6 Å². The molecule has 76 valence electrons. The van der Waals surface area contributed by atoms with Crippen LogP contribution in [0, 0.1) is 5.92 Å². The second kappa shape index (κ2) is 3.25. The summed E-state index contributed by atoms with van der Waals surface area (Å²) in [5.74, 6) is 0.943. The molecule has 2 aliphatic rings. The largest absolute Gasteiger partial charge is 0.307 e. The van der Waals surface area contributed by atoms with Crippen molar-refractivity contribution in [3.63, 3.8) is 0 Å². The highest BCUT2D eigenvalue weighted by atomic mass is 15.2. The van der Waals surface area contributed by atoms with E-state index in [1.54, 1.807) is 0 Å².